The van der Waals surface area contributed by atoms with Crippen LogP contribution in [0.1, 0.15) is 31.1 Å². The van der Waals surface area contributed by atoms with E-state index in [1.165, 1.54) is 0 Å². The molecule has 33 heavy (non-hydrogen) atoms. The Bertz CT molecular complexity index is 1350. The molecule has 8 heteroatoms. The van der Waals surface area contributed by atoms with E-state index in [4.69, 9.17) is 11.5 Å². The first-order chi connectivity index (χ1) is 15.6. The number of anilines is 3. The van der Waals surface area contributed by atoms with E-state index in [0.717, 1.165) is 10.8 Å². The zero-order chi connectivity index (χ0) is 23.8. The van der Waals surface area contributed by atoms with E-state index in [-0.39, 0.29) is 17.4 Å². The lowest BCUT2D eigenvalue weighted by Crippen LogP contribution is -2.25. The predicted octanol–water partition coefficient (Wildman–Crippen LogP) is 4.78. The van der Waals surface area contributed by atoms with Crippen molar-refractivity contribution in [1.29, 1.82) is 0 Å². The van der Waals surface area contributed by atoms with Gasteiger partial charge in [-0.15, -0.1) is 0 Å². The molecule has 4 rings (SSSR count). The van der Waals surface area contributed by atoms with Crippen LogP contribution in [0.5, 0.6) is 0 Å². The molecule has 3 amide bonds. The number of urea groups is 1. The van der Waals surface area contributed by atoms with Gasteiger partial charge >= 0.3 is 6.03 Å². The van der Waals surface area contributed by atoms with Gasteiger partial charge in [0.1, 0.15) is 17.1 Å². The van der Waals surface area contributed by atoms with Crippen molar-refractivity contribution in [3.63, 3.8) is 0 Å². The summed E-state index contributed by atoms with van der Waals surface area (Å²) in [5.41, 5.74) is 13.8. The smallest absolute Gasteiger partial charge is 0.323 e. The minimum absolute atomic E-state index is 0.180. The van der Waals surface area contributed by atoms with Crippen LogP contribution < -0.4 is 22.1 Å². The summed E-state index contributed by atoms with van der Waals surface area (Å²) in [4.78, 5) is 24.5. The van der Waals surface area contributed by atoms with E-state index in [0.29, 0.717) is 22.6 Å². The monoisotopic (exact) mass is 442 g/mol. The summed E-state index contributed by atoms with van der Waals surface area (Å²) in [7, 11) is 0. The van der Waals surface area contributed by atoms with Gasteiger partial charge in [-0.25, -0.2) is 9.48 Å². The van der Waals surface area contributed by atoms with Crippen LogP contribution >= 0.6 is 0 Å². The lowest BCUT2D eigenvalue weighted by molar-refractivity contribution is 0.100. The summed E-state index contributed by atoms with van der Waals surface area (Å²) in [5, 5.41) is 12.3. The Hall–Kier alpha value is -4.33. The number of nitrogens with one attached hydrogen (secondary N) is 2. The molecule has 168 valence electrons. The van der Waals surface area contributed by atoms with Crippen molar-refractivity contribution in [1.82, 2.24) is 9.78 Å². The first kappa shape index (κ1) is 21.9. The van der Waals surface area contributed by atoms with Crippen LogP contribution in [0.2, 0.25) is 0 Å². The average Bonchev–Trinajstić information content (AvgIpc) is 3.12. The van der Waals surface area contributed by atoms with Crippen molar-refractivity contribution in [3.8, 4) is 11.3 Å². The third kappa shape index (κ3) is 4.50. The fraction of sp³-hybridized carbons (Fsp3) is 0.160. The Balaban J connectivity index is 1.52. The molecule has 1 aromatic heterocycles. The summed E-state index contributed by atoms with van der Waals surface area (Å²) in [5.74, 6) is -0.420. The van der Waals surface area contributed by atoms with Crippen molar-refractivity contribution in [3.05, 3.63) is 72.3 Å². The lowest BCUT2D eigenvalue weighted by Gasteiger charge is -2.20. The van der Waals surface area contributed by atoms with Gasteiger partial charge in [0.25, 0.3) is 5.91 Å². The molecule has 0 saturated heterocycles. The molecule has 0 atom stereocenters. The number of carbonyl (C=O) groups excluding carboxylic acids is 2. The molecule has 0 bridgehead atoms. The Labute approximate surface area is 191 Å². The summed E-state index contributed by atoms with van der Waals surface area (Å²) in [6.07, 6.45) is 0. The SMILES string of the molecule is CC(C)(C)n1nc(-c2ccc(NC(=O)Nc3ccc4ccccc4c3)cc2)c(C(N)=O)c1N. The number of hydrogen-bond acceptors (Lipinski definition) is 4. The molecule has 6 N–H and O–H groups in total. The third-order valence-electron chi connectivity index (χ3n) is 5.23. The normalized spacial score (nSPS) is 11.4. The van der Waals surface area contributed by atoms with Crippen molar-refractivity contribution < 1.29 is 9.59 Å². The van der Waals surface area contributed by atoms with Gasteiger partial charge in [-0.2, -0.15) is 5.10 Å². The van der Waals surface area contributed by atoms with Crippen LogP contribution in [0.15, 0.2) is 66.7 Å². The van der Waals surface area contributed by atoms with Gasteiger partial charge in [0.05, 0.1) is 5.54 Å². The van der Waals surface area contributed by atoms with E-state index < -0.39 is 11.4 Å². The number of rotatable bonds is 4. The summed E-state index contributed by atoms with van der Waals surface area (Å²) in [6.45, 7) is 5.81. The minimum atomic E-state index is -0.644. The maximum Gasteiger partial charge on any atom is 0.323 e. The molecule has 0 aliphatic rings. The van der Waals surface area contributed by atoms with Gasteiger partial charge in [0.15, 0.2) is 0 Å². The first-order valence-electron chi connectivity index (χ1n) is 10.5. The zero-order valence-electron chi connectivity index (χ0n) is 18.7. The van der Waals surface area contributed by atoms with Crippen LogP contribution in [-0.2, 0) is 5.54 Å². The Morgan fingerprint density at radius 3 is 2.12 bits per heavy atom. The number of nitrogen functional groups attached to an aromatic ring is 1. The maximum atomic E-state index is 12.5. The largest absolute Gasteiger partial charge is 0.383 e. The molecule has 0 saturated carbocycles. The highest BCUT2D eigenvalue weighted by Gasteiger charge is 2.26. The Morgan fingerprint density at radius 2 is 1.48 bits per heavy atom. The molecule has 0 aliphatic carbocycles. The van der Waals surface area contributed by atoms with E-state index in [1.807, 2.05) is 63.2 Å². The number of nitrogens with two attached hydrogens (primary N) is 2. The van der Waals surface area contributed by atoms with E-state index >= 15 is 0 Å². The highest BCUT2D eigenvalue weighted by molar-refractivity contribution is 6.04. The fourth-order valence-electron chi connectivity index (χ4n) is 3.66. The van der Waals surface area contributed by atoms with Crippen LogP contribution in [0, 0.1) is 0 Å². The van der Waals surface area contributed by atoms with E-state index in [9.17, 15) is 9.59 Å². The van der Waals surface area contributed by atoms with Crippen molar-refractivity contribution in [2.75, 3.05) is 16.4 Å². The van der Waals surface area contributed by atoms with Crippen LogP contribution in [0.25, 0.3) is 22.0 Å². The molecule has 8 nitrogen and oxygen atoms in total. The van der Waals surface area contributed by atoms with Gasteiger partial charge in [-0.1, -0.05) is 42.5 Å². The van der Waals surface area contributed by atoms with Crippen molar-refractivity contribution in [2.24, 2.45) is 5.73 Å². The highest BCUT2D eigenvalue weighted by Crippen LogP contribution is 2.31. The molecule has 0 spiro atoms. The minimum Gasteiger partial charge on any atom is -0.383 e. The highest BCUT2D eigenvalue weighted by atomic mass is 16.2. The van der Waals surface area contributed by atoms with Crippen LogP contribution in [0.3, 0.4) is 0 Å². The van der Waals surface area contributed by atoms with Gasteiger partial charge in [0, 0.05) is 16.9 Å². The summed E-state index contributed by atoms with van der Waals surface area (Å²) < 4.78 is 1.59. The first-order valence-corrected chi connectivity index (χ1v) is 10.5. The van der Waals surface area contributed by atoms with Gasteiger partial charge in [-0.05, 0) is 55.8 Å². The van der Waals surface area contributed by atoms with Crippen molar-refractivity contribution in [2.45, 2.75) is 26.3 Å². The van der Waals surface area contributed by atoms with Crippen LogP contribution in [-0.4, -0.2) is 21.7 Å². The average molecular weight is 443 g/mol. The number of nitrogens with zero attached hydrogens (tertiary/aromatic N) is 2. The molecule has 0 unspecified atom stereocenters. The topological polar surface area (TPSA) is 128 Å². The molecule has 1 heterocycles. The number of benzene rings is 3. The summed E-state index contributed by atoms with van der Waals surface area (Å²) >= 11 is 0. The van der Waals surface area contributed by atoms with Gasteiger partial charge in [-0.3, -0.25) is 4.79 Å². The van der Waals surface area contributed by atoms with Crippen molar-refractivity contribution >= 4 is 39.9 Å². The third-order valence-corrected chi connectivity index (χ3v) is 5.23. The zero-order valence-corrected chi connectivity index (χ0v) is 18.7. The number of amides is 3. The standard InChI is InChI=1S/C25H26N6O2/c1-25(2,3)31-22(26)20(23(27)32)21(30-31)16-9-11-18(12-10-16)28-24(33)29-19-13-8-15-6-4-5-7-17(15)14-19/h4-14H,26H2,1-3H3,(H2,27,32)(H2,28,29,33). The number of carbonyl (C=O) groups is 2. The number of primary amides is 1. The van der Waals surface area contributed by atoms with Crippen LogP contribution in [0.4, 0.5) is 22.0 Å². The summed E-state index contributed by atoms with van der Waals surface area (Å²) in [6, 6.07) is 20.3. The van der Waals surface area contributed by atoms with E-state index in [2.05, 4.69) is 15.7 Å². The Morgan fingerprint density at radius 1 is 0.879 bits per heavy atom. The fourth-order valence-corrected chi connectivity index (χ4v) is 3.66. The molecule has 3 aromatic carbocycles. The Kier molecular flexibility index (Phi) is 5.51. The second-order valence-corrected chi connectivity index (χ2v) is 8.77. The number of fused-ring (bicyclic) bond motifs is 1. The predicted molar refractivity (Wildman–Crippen MR) is 132 cm³/mol. The molecule has 0 radical (unpaired) electrons. The molecule has 4 aromatic rings. The molecule has 0 aliphatic heterocycles. The lowest BCUT2D eigenvalue weighted by atomic mass is 10.1. The quantitative estimate of drug-likeness (QED) is 0.362. The molecule has 0 fully saturated rings. The number of aromatic nitrogens is 2. The molecular formula is C25H26N6O2. The number of hydrogen-bond donors (Lipinski definition) is 4. The molecular weight excluding hydrogens is 416 g/mol. The second kappa shape index (κ2) is 8.31. The van der Waals surface area contributed by atoms with Gasteiger partial charge < -0.3 is 22.1 Å². The second-order valence-electron chi connectivity index (χ2n) is 8.77. The van der Waals surface area contributed by atoms with E-state index in [1.54, 1.807) is 28.9 Å². The van der Waals surface area contributed by atoms with Gasteiger partial charge in [0.2, 0.25) is 0 Å². The maximum absolute atomic E-state index is 12.5.